The van der Waals surface area contributed by atoms with Gasteiger partial charge < -0.3 is 9.13 Å². The summed E-state index contributed by atoms with van der Waals surface area (Å²) < 4.78 is 91.2. The molecule has 0 unspecified atom stereocenters. The summed E-state index contributed by atoms with van der Waals surface area (Å²) in [5.74, 6) is 0. The maximum atomic E-state index is 9.27. The SMILES string of the molecule is [2H]c1c([2H])c([2H])c2c(c1[2H])c([2H])c(-c1ccccc1)n2-c1cccc2c(-n3c(-c4ccccc4)c([2H])c4c([2H])c([2H])c([2H])c([2H])c43)cccc12. The molecule has 0 fully saturated rings. The average molecular weight is 521 g/mol. The summed E-state index contributed by atoms with van der Waals surface area (Å²) in [5.41, 5.74) is 3.50. The Labute approximate surface area is 247 Å². The van der Waals surface area contributed by atoms with Crippen molar-refractivity contribution in [3.8, 4) is 33.9 Å². The maximum Gasteiger partial charge on any atom is 0.0652 e. The summed E-state index contributed by atoms with van der Waals surface area (Å²) in [6.45, 7) is 0. The monoisotopic (exact) mass is 520 g/mol. The van der Waals surface area contributed by atoms with Crippen LogP contribution in [0.1, 0.15) is 13.7 Å². The molecule has 0 N–H and O–H groups in total. The van der Waals surface area contributed by atoms with E-state index in [0.717, 1.165) is 0 Å². The van der Waals surface area contributed by atoms with E-state index >= 15 is 0 Å². The molecular weight excluding hydrogens is 484 g/mol. The van der Waals surface area contributed by atoms with Gasteiger partial charge in [-0.25, -0.2) is 0 Å². The van der Waals surface area contributed by atoms with Crippen LogP contribution in [-0.4, -0.2) is 9.13 Å². The van der Waals surface area contributed by atoms with Crippen molar-refractivity contribution in [2.24, 2.45) is 0 Å². The van der Waals surface area contributed by atoms with Gasteiger partial charge in [-0.1, -0.05) is 121 Å². The zero-order valence-corrected chi connectivity index (χ0v) is 21.1. The summed E-state index contributed by atoms with van der Waals surface area (Å²) in [4.78, 5) is 0. The van der Waals surface area contributed by atoms with Crippen LogP contribution in [0.15, 0.2) is 157 Å². The lowest BCUT2D eigenvalue weighted by molar-refractivity contribution is 1.14. The second-order valence-electron chi connectivity index (χ2n) is 9.45. The molecule has 8 rings (SSSR count). The van der Waals surface area contributed by atoms with Crippen LogP contribution in [0.3, 0.4) is 0 Å². The number of benzene rings is 6. The van der Waals surface area contributed by atoms with Gasteiger partial charge in [0.15, 0.2) is 0 Å². The molecule has 0 aliphatic carbocycles. The Morgan fingerprint density at radius 3 is 1.30 bits per heavy atom. The van der Waals surface area contributed by atoms with Crippen molar-refractivity contribution in [3.63, 3.8) is 0 Å². The highest BCUT2D eigenvalue weighted by molar-refractivity contribution is 6.01. The topological polar surface area (TPSA) is 9.86 Å². The van der Waals surface area contributed by atoms with Crippen LogP contribution in [0, 0.1) is 0 Å². The standard InChI is InChI=1S/C38H26N2/c1-3-13-27(14-4-1)37-25-29-17-7-9-21-33(29)39(37)35-23-11-20-32-31(35)19-12-24-36(32)40-34-22-10-8-18-30(34)26-38(40)28-15-5-2-6-16-28/h1-26H/i7D,8D,9D,10D,17D,18D,21D,22D,25D,26D. The maximum absolute atomic E-state index is 9.27. The van der Waals surface area contributed by atoms with Gasteiger partial charge in [0.25, 0.3) is 0 Å². The average Bonchev–Trinajstić information content (AvgIpc) is 3.62. The molecule has 0 radical (unpaired) electrons. The molecule has 6 aromatic carbocycles. The first kappa shape index (κ1) is 14.7. The Morgan fingerprint density at radius 2 is 0.850 bits per heavy atom. The van der Waals surface area contributed by atoms with Crippen molar-refractivity contribution >= 4 is 32.6 Å². The van der Waals surface area contributed by atoms with E-state index in [-0.39, 0.29) is 58.1 Å². The van der Waals surface area contributed by atoms with Gasteiger partial charge in [-0.15, -0.1) is 0 Å². The fourth-order valence-corrected chi connectivity index (χ4v) is 5.44. The predicted octanol–water partition coefficient (Wildman–Crippen LogP) is 10.1. The molecule has 0 aliphatic rings. The summed E-state index contributed by atoms with van der Waals surface area (Å²) >= 11 is 0. The minimum Gasteiger partial charge on any atom is -0.309 e. The first-order valence-electron chi connectivity index (χ1n) is 17.9. The molecular formula is C38H26N2. The van der Waals surface area contributed by atoms with Crippen molar-refractivity contribution in [1.29, 1.82) is 0 Å². The Kier molecular flexibility index (Phi) is 3.36. The summed E-state index contributed by atoms with van der Waals surface area (Å²) in [6.07, 6.45) is 0. The van der Waals surface area contributed by atoms with Crippen molar-refractivity contribution in [2.45, 2.75) is 0 Å². The first-order chi connectivity index (χ1) is 24.0. The quantitative estimate of drug-likeness (QED) is 0.218. The van der Waals surface area contributed by atoms with Gasteiger partial charge >= 0.3 is 0 Å². The van der Waals surface area contributed by atoms with Gasteiger partial charge in [-0.3, -0.25) is 0 Å². The second-order valence-corrected chi connectivity index (χ2v) is 9.45. The molecule has 2 nitrogen and oxygen atoms in total. The van der Waals surface area contributed by atoms with E-state index in [9.17, 15) is 2.74 Å². The number of fused-ring (bicyclic) bond motifs is 3. The van der Waals surface area contributed by atoms with Crippen LogP contribution in [0.5, 0.6) is 0 Å². The van der Waals surface area contributed by atoms with Crippen molar-refractivity contribution in [2.75, 3.05) is 0 Å². The molecule has 2 aromatic heterocycles. The van der Waals surface area contributed by atoms with E-state index in [1.54, 1.807) is 9.13 Å². The summed E-state index contributed by atoms with van der Waals surface area (Å²) in [6, 6.07) is 26.5. The van der Waals surface area contributed by atoms with Gasteiger partial charge in [0.2, 0.25) is 0 Å². The highest BCUT2D eigenvalue weighted by Crippen LogP contribution is 2.38. The molecule has 2 heteroatoms. The summed E-state index contributed by atoms with van der Waals surface area (Å²) in [7, 11) is 0. The minimum atomic E-state index is -0.420. The Morgan fingerprint density at radius 1 is 0.425 bits per heavy atom. The van der Waals surface area contributed by atoms with Crippen molar-refractivity contribution in [3.05, 3.63) is 157 Å². The van der Waals surface area contributed by atoms with Crippen LogP contribution in [-0.2, 0) is 0 Å². The number of aromatic nitrogens is 2. The highest BCUT2D eigenvalue weighted by Gasteiger charge is 2.18. The molecule has 40 heavy (non-hydrogen) atoms. The Bertz CT molecular complexity index is 2510. The third-order valence-corrected chi connectivity index (χ3v) is 7.17. The molecule has 0 amide bonds. The van der Waals surface area contributed by atoms with Gasteiger partial charge in [-0.05, 0) is 47.4 Å². The molecule has 2 heterocycles. The number of nitrogens with zero attached hydrogens (tertiary/aromatic N) is 2. The Hall–Kier alpha value is -5.34. The normalized spacial score (nSPS) is 15.0. The zero-order valence-electron chi connectivity index (χ0n) is 31.1. The molecule has 8 aromatic rings. The van der Waals surface area contributed by atoms with Crippen LogP contribution in [0.2, 0.25) is 0 Å². The van der Waals surface area contributed by atoms with Crippen LogP contribution in [0.4, 0.5) is 0 Å². The molecule has 0 saturated heterocycles. The Balaban J connectivity index is 1.54. The van der Waals surface area contributed by atoms with Crippen molar-refractivity contribution < 1.29 is 13.7 Å². The largest absolute Gasteiger partial charge is 0.309 e. The van der Waals surface area contributed by atoms with E-state index in [1.165, 1.54) is 0 Å². The van der Waals surface area contributed by atoms with E-state index < -0.39 is 24.2 Å². The molecule has 0 bridgehead atoms. The number of hydrogen-bond donors (Lipinski definition) is 0. The van der Waals surface area contributed by atoms with E-state index in [2.05, 4.69) is 0 Å². The second kappa shape index (κ2) is 9.14. The number of para-hydroxylation sites is 2. The zero-order chi connectivity index (χ0) is 35.2. The fourth-order valence-electron chi connectivity index (χ4n) is 5.44. The van der Waals surface area contributed by atoms with E-state index in [1.807, 2.05) is 97.1 Å². The predicted molar refractivity (Wildman–Crippen MR) is 168 cm³/mol. The lowest BCUT2D eigenvalue weighted by Crippen LogP contribution is -2.01. The van der Waals surface area contributed by atoms with Gasteiger partial charge in [-0.2, -0.15) is 0 Å². The highest BCUT2D eigenvalue weighted by atomic mass is 15.0. The van der Waals surface area contributed by atoms with Gasteiger partial charge in [0.05, 0.1) is 47.5 Å². The number of hydrogen-bond acceptors (Lipinski definition) is 0. The van der Waals surface area contributed by atoms with E-state index in [0.29, 0.717) is 44.7 Å². The lowest BCUT2D eigenvalue weighted by atomic mass is 10.0. The third kappa shape index (κ3) is 3.50. The smallest absolute Gasteiger partial charge is 0.0652 e. The van der Waals surface area contributed by atoms with Gasteiger partial charge in [0.1, 0.15) is 0 Å². The molecule has 188 valence electrons. The van der Waals surface area contributed by atoms with Gasteiger partial charge in [0, 0.05) is 21.5 Å². The number of rotatable bonds is 4. The third-order valence-electron chi connectivity index (χ3n) is 7.17. The summed E-state index contributed by atoms with van der Waals surface area (Å²) in [5, 5.41) is 1.50. The molecule has 0 atom stereocenters. The van der Waals surface area contributed by atoms with E-state index in [4.69, 9.17) is 11.0 Å². The van der Waals surface area contributed by atoms with Crippen LogP contribution >= 0.6 is 0 Å². The molecule has 0 saturated carbocycles. The first-order valence-corrected chi connectivity index (χ1v) is 12.9. The molecule has 0 aliphatic heterocycles. The lowest BCUT2D eigenvalue weighted by Gasteiger charge is -2.18. The fraction of sp³-hybridized carbons (Fsp3) is 0. The van der Waals surface area contributed by atoms with Crippen LogP contribution < -0.4 is 0 Å². The van der Waals surface area contributed by atoms with Crippen LogP contribution in [0.25, 0.3) is 66.5 Å². The minimum absolute atomic E-state index is 0.0380. The molecule has 0 spiro atoms. The van der Waals surface area contributed by atoms with Crippen molar-refractivity contribution in [1.82, 2.24) is 9.13 Å².